The second kappa shape index (κ2) is 4.50. The van der Waals surface area contributed by atoms with Crippen molar-refractivity contribution in [3.05, 3.63) is 48.5 Å². The van der Waals surface area contributed by atoms with Crippen molar-refractivity contribution < 1.29 is 8.42 Å². The number of nitrogens with one attached hydrogen (secondary N) is 1. The molecule has 0 aliphatic carbocycles. The van der Waals surface area contributed by atoms with Crippen molar-refractivity contribution in [2.75, 3.05) is 4.72 Å². The summed E-state index contributed by atoms with van der Waals surface area (Å²) in [4.78, 5) is 7.91. The van der Waals surface area contributed by atoms with Crippen LogP contribution in [0.15, 0.2) is 47.8 Å². The number of pyridine rings is 2. The number of rotatable bonds is 3. The molecule has 2 aromatic rings. The number of nitrogens with zero attached hydrogens (tertiary/aromatic N) is 2. The van der Waals surface area contributed by atoms with E-state index in [2.05, 4.69) is 14.7 Å². The summed E-state index contributed by atoms with van der Waals surface area (Å²) in [6.07, 6.45) is 4.29. The zero-order valence-corrected chi connectivity index (χ0v) is 9.98. The summed E-state index contributed by atoms with van der Waals surface area (Å²) in [5.41, 5.74) is 1.26. The highest BCUT2D eigenvalue weighted by molar-refractivity contribution is 7.92. The fourth-order valence-corrected chi connectivity index (χ4v) is 2.25. The molecule has 0 saturated heterocycles. The highest BCUT2D eigenvalue weighted by Crippen LogP contribution is 2.13. The van der Waals surface area contributed by atoms with Crippen molar-refractivity contribution in [1.82, 2.24) is 9.97 Å². The van der Waals surface area contributed by atoms with Gasteiger partial charge in [0.1, 0.15) is 4.90 Å². The summed E-state index contributed by atoms with van der Waals surface area (Å²) in [6, 6.07) is 6.45. The van der Waals surface area contributed by atoms with Crippen molar-refractivity contribution in [2.45, 2.75) is 11.8 Å². The van der Waals surface area contributed by atoms with E-state index in [1.807, 2.05) is 6.92 Å². The fraction of sp³-hybridized carbons (Fsp3) is 0.0909. The van der Waals surface area contributed by atoms with Crippen molar-refractivity contribution in [2.24, 2.45) is 0 Å². The van der Waals surface area contributed by atoms with Crippen molar-refractivity contribution in [1.29, 1.82) is 0 Å². The number of aromatic nitrogens is 2. The maximum Gasteiger partial charge on any atom is 0.263 e. The highest BCUT2D eigenvalue weighted by Gasteiger charge is 2.13. The van der Waals surface area contributed by atoms with E-state index >= 15 is 0 Å². The third kappa shape index (κ3) is 2.79. The van der Waals surface area contributed by atoms with E-state index < -0.39 is 10.0 Å². The smallest absolute Gasteiger partial charge is 0.263 e. The van der Waals surface area contributed by atoms with Crippen LogP contribution in [0.4, 0.5) is 5.69 Å². The minimum atomic E-state index is -3.58. The van der Waals surface area contributed by atoms with Gasteiger partial charge < -0.3 is 0 Å². The van der Waals surface area contributed by atoms with Gasteiger partial charge in [0, 0.05) is 18.1 Å². The molecule has 0 amide bonds. The van der Waals surface area contributed by atoms with Gasteiger partial charge in [-0.1, -0.05) is 0 Å². The summed E-state index contributed by atoms with van der Waals surface area (Å²) < 4.78 is 26.2. The summed E-state index contributed by atoms with van der Waals surface area (Å²) >= 11 is 0. The van der Waals surface area contributed by atoms with Crippen LogP contribution in [0.1, 0.15) is 5.69 Å². The Kier molecular flexibility index (Phi) is 3.06. The summed E-state index contributed by atoms with van der Waals surface area (Å²) in [5.74, 6) is 0. The molecule has 17 heavy (non-hydrogen) atoms. The molecule has 0 aliphatic heterocycles. The van der Waals surface area contributed by atoms with Crippen LogP contribution >= 0.6 is 0 Å². The molecule has 2 aromatic heterocycles. The first-order chi connectivity index (χ1) is 8.08. The monoisotopic (exact) mass is 249 g/mol. The second-order valence-electron chi connectivity index (χ2n) is 3.48. The lowest BCUT2D eigenvalue weighted by Gasteiger charge is -2.07. The molecule has 0 bridgehead atoms. The summed E-state index contributed by atoms with van der Waals surface area (Å²) in [7, 11) is -3.58. The quantitative estimate of drug-likeness (QED) is 0.896. The lowest BCUT2D eigenvalue weighted by molar-refractivity contribution is 0.601. The Bertz CT molecular complexity index is 594. The third-order valence-electron chi connectivity index (χ3n) is 2.11. The topological polar surface area (TPSA) is 72.0 Å². The van der Waals surface area contributed by atoms with Crippen LogP contribution in [0.2, 0.25) is 0 Å². The summed E-state index contributed by atoms with van der Waals surface area (Å²) in [6.45, 7) is 1.83. The van der Waals surface area contributed by atoms with Gasteiger partial charge in [-0.3, -0.25) is 14.7 Å². The van der Waals surface area contributed by atoms with Gasteiger partial charge in [0.05, 0.1) is 11.9 Å². The first kappa shape index (κ1) is 11.5. The first-order valence-electron chi connectivity index (χ1n) is 4.93. The Hall–Kier alpha value is -1.95. The average molecular weight is 249 g/mol. The van der Waals surface area contributed by atoms with Gasteiger partial charge in [-0.2, -0.15) is 0 Å². The Labute approximate surface area is 99.6 Å². The number of hydrogen-bond acceptors (Lipinski definition) is 4. The predicted molar refractivity (Wildman–Crippen MR) is 64.0 cm³/mol. The Morgan fingerprint density at radius 2 is 2.00 bits per heavy atom. The second-order valence-corrected chi connectivity index (χ2v) is 5.16. The summed E-state index contributed by atoms with van der Waals surface area (Å²) in [5, 5.41) is 0. The van der Waals surface area contributed by atoms with Gasteiger partial charge in [0.25, 0.3) is 10.0 Å². The molecule has 2 heterocycles. The molecule has 1 N–H and O–H groups in total. The lowest BCUT2D eigenvalue weighted by Crippen LogP contribution is -2.13. The minimum Gasteiger partial charge on any atom is -0.278 e. The standard InChI is InChI=1S/C11H11N3O2S/c1-9-4-5-10(7-13-9)14-17(15,16)11-3-2-6-12-8-11/h2-8,14H,1H3. The zero-order valence-electron chi connectivity index (χ0n) is 9.16. The number of anilines is 1. The van der Waals surface area contributed by atoms with Crippen molar-refractivity contribution in [3.8, 4) is 0 Å². The molecular formula is C11H11N3O2S. The van der Waals surface area contributed by atoms with Crippen LogP contribution in [0.5, 0.6) is 0 Å². The number of sulfonamides is 1. The molecule has 5 nitrogen and oxygen atoms in total. The molecule has 0 fully saturated rings. The molecule has 88 valence electrons. The van der Waals surface area contributed by atoms with E-state index in [9.17, 15) is 8.42 Å². The van der Waals surface area contributed by atoms with Crippen LogP contribution < -0.4 is 4.72 Å². The number of hydrogen-bond donors (Lipinski definition) is 1. The fourth-order valence-electron chi connectivity index (χ4n) is 1.25. The molecule has 0 aliphatic rings. The van der Waals surface area contributed by atoms with Crippen LogP contribution in [-0.2, 0) is 10.0 Å². The molecular weight excluding hydrogens is 238 g/mol. The molecule has 0 unspecified atom stereocenters. The van der Waals surface area contributed by atoms with Gasteiger partial charge in [-0.05, 0) is 31.2 Å². The maximum absolute atomic E-state index is 11.9. The molecule has 0 atom stereocenters. The van der Waals surface area contributed by atoms with Gasteiger partial charge in [-0.15, -0.1) is 0 Å². The molecule has 0 aromatic carbocycles. The van der Waals surface area contributed by atoms with E-state index in [0.717, 1.165) is 5.69 Å². The SMILES string of the molecule is Cc1ccc(NS(=O)(=O)c2cccnc2)cn1. The number of aryl methyl sites for hydroxylation is 1. The van der Waals surface area contributed by atoms with Gasteiger partial charge in [0.2, 0.25) is 0 Å². The molecule has 2 rings (SSSR count). The maximum atomic E-state index is 11.9. The zero-order chi connectivity index (χ0) is 12.3. The molecule has 0 spiro atoms. The first-order valence-corrected chi connectivity index (χ1v) is 6.42. The van der Waals surface area contributed by atoms with Crippen LogP contribution in [0, 0.1) is 6.92 Å². The van der Waals surface area contributed by atoms with E-state index in [1.165, 1.54) is 24.7 Å². The molecule has 0 radical (unpaired) electrons. The lowest BCUT2D eigenvalue weighted by atomic mass is 10.4. The van der Waals surface area contributed by atoms with E-state index in [-0.39, 0.29) is 4.90 Å². The molecule has 6 heteroatoms. The Balaban J connectivity index is 2.27. The van der Waals surface area contributed by atoms with E-state index in [1.54, 1.807) is 18.2 Å². The van der Waals surface area contributed by atoms with Gasteiger partial charge in [-0.25, -0.2) is 8.42 Å². The molecule has 0 saturated carbocycles. The third-order valence-corrected chi connectivity index (χ3v) is 3.47. The van der Waals surface area contributed by atoms with Gasteiger partial charge in [0.15, 0.2) is 0 Å². The van der Waals surface area contributed by atoms with Crippen LogP contribution in [0.25, 0.3) is 0 Å². The van der Waals surface area contributed by atoms with E-state index in [4.69, 9.17) is 0 Å². The van der Waals surface area contributed by atoms with Crippen molar-refractivity contribution in [3.63, 3.8) is 0 Å². The Morgan fingerprint density at radius 1 is 1.18 bits per heavy atom. The van der Waals surface area contributed by atoms with Crippen LogP contribution in [-0.4, -0.2) is 18.4 Å². The normalized spacial score (nSPS) is 11.1. The largest absolute Gasteiger partial charge is 0.278 e. The Morgan fingerprint density at radius 3 is 2.59 bits per heavy atom. The van der Waals surface area contributed by atoms with E-state index in [0.29, 0.717) is 5.69 Å². The van der Waals surface area contributed by atoms with Crippen molar-refractivity contribution >= 4 is 15.7 Å². The average Bonchev–Trinajstić information content (AvgIpc) is 2.33. The van der Waals surface area contributed by atoms with Crippen LogP contribution in [0.3, 0.4) is 0 Å². The van der Waals surface area contributed by atoms with Gasteiger partial charge >= 0.3 is 0 Å². The minimum absolute atomic E-state index is 0.126. The predicted octanol–water partition coefficient (Wildman–Crippen LogP) is 1.59. The highest BCUT2D eigenvalue weighted by atomic mass is 32.2.